The molecule has 0 unspecified atom stereocenters. The second-order valence-corrected chi connectivity index (χ2v) is 34.3. The molecule has 0 fully saturated rings. The fraction of sp³-hybridized carbons (Fsp3) is 0. The molecule has 0 N–H and O–H groups in total. The lowest BCUT2D eigenvalue weighted by Crippen LogP contribution is -2.04. The van der Waals surface area contributed by atoms with E-state index in [1.807, 2.05) is 132 Å². The average Bonchev–Trinajstić information content (AvgIpc) is 1.53. The van der Waals surface area contributed by atoms with Crippen molar-refractivity contribution < 1.29 is 0 Å². The molecule has 0 atom stereocenters. The second kappa shape index (κ2) is 34.9. The molecule has 0 aliphatic heterocycles. The number of nitriles is 1. The van der Waals surface area contributed by atoms with E-state index >= 15 is 0 Å². The smallest absolute Gasteiger partial charge is 0.187 e. The van der Waals surface area contributed by atoms with Gasteiger partial charge >= 0.3 is 0 Å². The van der Waals surface area contributed by atoms with Gasteiger partial charge in [-0.15, -0.1) is 0 Å². The van der Waals surface area contributed by atoms with Gasteiger partial charge in [0.15, 0.2) is 62.2 Å². The van der Waals surface area contributed by atoms with Gasteiger partial charge in [0.25, 0.3) is 0 Å². The summed E-state index contributed by atoms with van der Waals surface area (Å²) in [6, 6.07) is 156. The SMILES string of the molecule is [C-]#[N+]c1ccc(-c2cc3n(n2)c2cc(-c4ccc(C#N)cc4)nn2c2cc(-c4ccc([N+]#[C-])cc4)nn23)cc1.c1ccc(-c2cccc(-c3cc4n(n3)c3cc(-c5cccc(-c6ccccc6)c5)nn3c3cc(-c5cccc(-c6ccccc6)c5)nn43)c2)cc1.c1ccc(-c2ccccc2-c2cc3n(n2)c2cc(-c4ccccc4-c4ccccc4)nn2c2cc(-c4ccccc4-c4ccccc4)nn32)cc1. The van der Waals surface area contributed by atoms with Gasteiger partial charge < -0.3 is 0 Å². The van der Waals surface area contributed by atoms with Crippen LogP contribution < -0.4 is 0 Å². The largest absolute Gasteiger partial charge is 0.238 e. The fourth-order valence-corrected chi connectivity index (χ4v) is 18.8. The molecule has 660 valence electrons. The number of benzene rings is 15. The highest BCUT2D eigenvalue weighted by atomic mass is 15.5. The second-order valence-electron chi connectivity index (χ2n) is 34.3. The van der Waals surface area contributed by atoms with Crippen LogP contribution in [0.5, 0.6) is 0 Å². The van der Waals surface area contributed by atoms with Crippen LogP contribution in [0.15, 0.2) is 455 Å². The molecule has 0 aliphatic carbocycles. The molecule has 0 radical (unpaired) electrons. The molecule has 141 heavy (non-hydrogen) atoms. The molecule has 12 aromatic heterocycles. The van der Waals surface area contributed by atoms with Gasteiger partial charge in [-0.2, -0.15) is 91.8 Å². The first-order chi connectivity index (χ1) is 69.7. The molecule has 0 aliphatic rings. The van der Waals surface area contributed by atoms with Crippen molar-refractivity contribution in [3.63, 3.8) is 0 Å². The van der Waals surface area contributed by atoms with E-state index in [0.29, 0.717) is 16.9 Å². The Balaban J connectivity index is 0.000000113. The minimum atomic E-state index is 0.566. The summed E-state index contributed by atoms with van der Waals surface area (Å²) in [5.74, 6) is 0. The predicted octanol–water partition coefficient (Wildman–Crippen LogP) is 27.9. The highest BCUT2D eigenvalue weighted by Crippen LogP contribution is 2.41. The Bertz CT molecular complexity index is 8450. The van der Waals surface area contributed by atoms with Crippen molar-refractivity contribution in [2.45, 2.75) is 0 Å². The molecule has 15 aromatic carbocycles. The summed E-state index contributed by atoms with van der Waals surface area (Å²) in [4.78, 5) is 6.96. The zero-order valence-corrected chi connectivity index (χ0v) is 75.2. The van der Waals surface area contributed by atoms with Gasteiger partial charge in [0.05, 0.1) is 76.0 Å². The molecule has 21 heteroatoms. The quantitative estimate of drug-likeness (QED) is 0.0893. The molecule has 0 bridgehead atoms. The van der Waals surface area contributed by atoms with Crippen LogP contribution in [0.3, 0.4) is 0 Å². The maximum absolute atomic E-state index is 9.18. The van der Waals surface area contributed by atoms with Crippen molar-refractivity contribution >= 4 is 62.2 Å². The number of nitrogens with zero attached hydrogens (tertiary/aromatic N) is 21. The number of fused-ring (bicyclic) bond motifs is 18. The van der Waals surface area contributed by atoms with Crippen LogP contribution in [0, 0.1) is 24.5 Å². The summed E-state index contributed by atoms with van der Waals surface area (Å²) in [6.07, 6.45) is 0. The minimum absolute atomic E-state index is 0.566. The Labute approximate surface area is 806 Å². The molecule has 12 heterocycles. The van der Waals surface area contributed by atoms with Gasteiger partial charge in [-0.05, 0) is 108 Å². The van der Waals surface area contributed by atoms with Crippen LogP contribution in [0.2, 0.25) is 0 Å². The van der Waals surface area contributed by atoms with Gasteiger partial charge in [-0.25, -0.2) is 9.69 Å². The van der Waals surface area contributed by atoms with Gasteiger partial charge in [0.2, 0.25) is 0 Å². The fourth-order valence-electron chi connectivity index (χ4n) is 18.8. The molecule has 0 amide bonds. The summed E-state index contributed by atoms with van der Waals surface area (Å²) < 4.78 is 17.3. The Morgan fingerprint density at radius 3 is 0.582 bits per heavy atom. The zero-order valence-electron chi connectivity index (χ0n) is 75.2. The van der Waals surface area contributed by atoms with Gasteiger partial charge in [0.1, 0.15) is 0 Å². The first kappa shape index (κ1) is 82.6. The molecule has 0 saturated carbocycles. The normalized spacial score (nSPS) is 11.4. The Hall–Kier alpha value is -20.3. The summed E-state index contributed by atoms with van der Waals surface area (Å²) in [5, 5.41) is 55.3. The van der Waals surface area contributed by atoms with E-state index in [4.69, 9.17) is 59.0 Å². The lowest BCUT2D eigenvalue weighted by molar-refractivity contribution is 0.831. The maximum Gasteiger partial charge on any atom is 0.187 e. The third kappa shape index (κ3) is 15.2. The highest BCUT2D eigenvalue weighted by molar-refractivity contribution is 5.90. The molecular weight excluding hydrogens is 1740 g/mol. The lowest BCUT2D eigenvalue weighted by atomic mass is 9.98. The minimum Gasteiger partial charge on any atom is -0.238 e. The van der Waals surface area contributed by atoms with Gasteiger partial charge in [0, 0.05) is 93.5 Å². The maximum atomic E-state index is 9.18. The molecule has 0 saturated heterocycles. The van der Waals surface area contributed by atoms with Crippen molar-refractivity contribution in [1.82, 2.24) is 86.5 Å². The van der Waals surface area contributed by atoms with E-state index in [0.717, 1.165) is 202 Å². The molecule has 27 rings (SSSR count). The van der Waals surface area contributed by atoms with Crippen molar-refractivity contribution in [3.8, 4) is 174 Å². The average molecular weight is 1810 g/mol. The Kier molecular flexibility index (Phi) is 20.4. The summed E-state index contributed by atoms with van der Waals surface area (Å²) >= 11 is 0. The molecule has 0 spiro atoms. The molecule has 21 nitrogen and oxygen atoms in total. The molecule has 27 aromatic rings. The van der Waals surface area contributed by atoms with E-state index in [9.17, 15) is 5.26 Å². The first-order valence-electron chi connectivity index (χ1n) is 46.0. The van der Waals surface area contributed by atoms with E-state index in [1.54, 1.807) is 36.4 Å². The standard InChI is InChI=1S/2C45H30N6.C30H15N9/c1-4-16-31(17-5-1)34-22-10-13-25-37(34)40-28-43-49(46-40)44-29-41(38-26-14-11-23-35(38)32-18-6-2-7-19-32)48-51(44)45-30-42(47-50(43)45)39-27-15-12-24-36(39)33-20-8-3-9-21-33;1-4-13-31(14-5-1)34-19-10-22-37(25-34)40-28-43-49(46-40)44-29-41(38-23-11-20-35(26-38)32-15-6-2-7-16-32)48-51(44)45-30-42(47-50(43)45)39-24-12-21-36(27-39)33-17-8-3-9-18-33;1-32-23-11-7-21(8-12-23)26-16-29-37-28(15-25(34-37)20-5-3-19(18-31)4-6-20)38-30(39(29)36-26)17-27(35-38)22-9-13-24(33-2)14-10-22/h2*1-30H;3-17H. The number of hydrogen-bond donors (Lipinski definition) is 0. The van der Waals surface area contributed by atoms with Crippen molar-refractivity contribution in [2.75, 3.05) is 0 Å². The van der Waals surface area contributed by atoms with Crippen LogP contribution in [-0.4, -0.2) is 86.5 Å². The third-order valence-electron chi connectivity index (χ3n) is 25.7. The number of aromatic nitrogens is 18. The van der Waals surface area contributed by atoms with Crippen LogP contribution >= 0.6 is 0 Å². The van der Waals surface area contributed by atoms with E-state index < -0.39 is 0 Å². The van der Waals surface area contributed by atoms with Crippen molar-refractivity contribution in [3.05, 3.63) is 483 Å². The van der Waals surface area contributed by atoms with Crippen LogP contribution in [0.4, 0.5) is 11.4 Å². The summed E-state index contributed by atoms with van der Waals surface area (Å²) in [6.45, 7) is 14.5. The van der Waals surface area contributed by atoms with E-state index in [-0.39, 0.29) is 0 Å². The summed E-state index contributed by atoms with van der Waals surface area (Å²) in [7, 11) is 0. The van der Waals surface area contributed by atoms with Crippen molar-refractivity contribution in [2.24, 2.45) is 0 Å². The van der Waals surface area contributed by atoms with Crippen LogP contribution in [0.1, 0.15) is 5.56 Å². The van der Waals surface area contributed by atoms with Crippen molar-refractivity contribution in [1.29, 1.82) is 5.26 Å². The van der Waals surface area contributed by atoms with Crippen LogP contribution in [0.25, 0.3) is 229 Å². The monoisotopic (exact) mass is 1810 g/mol. The Morgan fingerprint density at radius 2 is 0.348 bits per heavy atom. The molecular formula is C120H75N21. The number of hydrogen-bond acceptors (Lipinski definition) is 10. The van der Waals surface area contributed by atoms with E-state index in [2.05, 4.69) is 343 Å². The summed E-state index contributed by atoms with van der Waals surface area (Å²) in [5.41, 5.74) is 39.0. The first-order valence-corrected chi connectivity index (χ1v) is 46.0. The van der Waals surface area contributed by atoms with Gasteiger partial charge in [-0.3, -0.25) is 0 Å². The number of rotatable bonds is 15. The highest BCUT2D eigenvalue weighted by Gasteiger charge is 2.27. The topological polar surface area (TPSA) is 188 Å². The lowest BCUT2D eigenvalue weighted by Gasteiger charge is -2.07. The zero-order chi connectivity index (χ0) is 94.0. The van der Waals surface area contributed by atoms with Gasteiger partial charge in [-0.1, -0.05) is 370 Å². The van der Waals surface area contributed by atoms with Crippen LogP contribution in [-0.2, 0) is 0 Å². The predicted molar refractivity (Wildman–Crippen MR) is 557 cm³/mol. The third-order valence-corrected chi connectivity index (χ3v) is 25.7. The van der Waals surface area contributed by atoms with E-state index in [1.165, 1.54) is 16.7 Å². The Morgan fingerprint density at radius 1 is 0.163 bits per heavy atom.